The number of hydrogen-bond acceptors (Lipinski definition) is 3. The molecule has 19 heavy (non-hydrogen) atoms. The van der Waals surface area contributed by atoms with Crippen LogP contribution in [0.2, 0.25) is 0 Å². The van der Waals surface area contributed by atoms with E-state index in [1.807, 2.05) is 13.8 Å². The number of hydrogen-bond donors (Lipinski definition) is 3. The first-order valence-electron chi connectivity index (χ1n) is 6.02. The molecule has 0 bridgehead atoms. The smallest absolute Gasteiger partial charge is 0.253 e. The summed E-state index contributed by atoms with van der Waals surface area (Å²) in [6.45, 7) is 4.39. The maximum atomic E-state index is 11.9. The van der Waals surface area contributed by atoms with Crippen LogP contribution in [-0.2, 0) is 4.79 Å². The lowest BCUT2D eigenvalue weighted by Crippen LogP contribution is -2.36. The fourth-order valence-corrected chi connectivity index (χ4v) is 1.75. The Hall–Kier alpha value is -1.56. The number of carbonyl (C=O) groups excluding carboxylic acids is 2. The molecule has 0 heterocycles. The van der Waals surface area contributed by atoms with E-state index >= 15 is 0 Å². The third kappa shape index (κ3) is 4.90. The highest BCUT2D eigenvalue weighted by Crippen LogP contribution is 2.18. The summed E-state index contributed by atoms with van der Waals surface area (Å²) in [5.41, 5.74) is 6.58. The SMILES string of the molecule is CC(C)C(=O)NCCNC(=O)c1cc(Br)ccc1N. The number of carbonyl (C=O) groups is 2. The molecule has 5 nitrogen and oxygen atoms in total. The van der Waals surface area contributed by atoms with Gasteiger partial charge >= 0.3 is 0 Å². The standard InChI is InChI=1S/C13H18BrN3O2/c1-8(2)12(18)16-5-6-17-13(19)10-7-9(14)3-4-11(10)15/h3-4,7-8H,5-6,15H2,1-2H3,(H,16,18)(H,17,19). The van der Waals surface area contributed by atoms with Crippen LogP contribution in [0.1, 0.15) is 24.2 Å². The largest absolute Gasteiger partial charge is 0.398 e. The minimum Gasteiger partial charge on any atom is -0.398 e. The van der Waals surface area contributed by atoms with Gasteiger partial charge in [-0.25, -0.2) is 0 Å². The van der Waals surface area contributed by atoms with E-state index in [1.165, 1.54) is 0 Å². The van der Waals surface area contributed by atoms with Gasteiger partial charge in [0, 0.05) is 29.2 Å². The Labute approximate surface area is 121 Å². The molecule has 4 N–H and O–H groups in total. The van der Waals surface area contributed by atoms with Crippen molar-refractivity contribution in [2.75, 3.05) is 18.8 Å². The molecule has 0 atom stereocenters. The summed E-state index contributed by atoms with van der Waals surface area (Å²) in [7, 11) is 0. The first-order valence-corrected chi connectivity index (χ1v) is 6.82. The van der Waals surface area contributed by atoms with Gasteiger partial charge in [0.2, 0.25) is 5.91 Å². The second-order valence-electron chi connectivity index (χ2n) is 4.43. The normalized spacial score (nSPS) is 10.3. The van der Waals surface area contributed by atoms with Gasteiger partial charge in [0.25, 0.3) is 5.91 Å². The fourth-order valence-electron chi connectivity index (χ4n) is 1.39. The number of benzene rings is 1. The molecule has 1 rings (SSSR count). The highest BCUT2D eigenvalue weighted by atomic mass is 79.9. The molecule has 0 saturated carbocycles. The van der Waals surface area contributed by atoms with Gasteiger partial charge in [-0.15, -0.1) is 0 Å². The summed E-state index contributed by atoms with van der Waals surface area (Å²) in [6, 6.07) is 5.10. The lowest BCUT2D eigenvalue weighted by molar-refractivity contribution is -0.123. The molecule has 0 aromatic heterocycles. The molecule has 0 aliphatic heterocycles. The molecule has 0 saturated heterocycles. The molecular weight excluding hydrogens is 310 g/mol. The van der Waals surface area contributed by atoms with Crippen LogP contribution in [0.4, 0.5) is 5.69 Å². The molecule has 2 amide bonds. The van der Waals surface area contributed by atoms with Crippen molar-refractivity contribution < 1.29 is 9.59 Å². The highest BCUT2D eigenvalue weighted by molar-refractivity contribution is 9.10. The van der Waals surface area contributed by atoms with E-state index in [-0.39, 0.29) is 17.7 Å². The quantitative estimate of drug-likeness (QED) is 0.566. The number of nitrogens with one attached hydrogen (secondary N) is 2. The molecule has 0 aliphatic rings. The zero-order valence-corrected chi connectivity index (χ0v) is 12.6. The highest BCUT2D eigenvalue weighted by Gasteiger charge is 2.10. The molecule has 0 unspecified atom stereocenters. The number of rotatable bonds is 5. The zero-order chi connectivity index (χ0) is 14.4. The second kappa shape index (κ2) is 7.13. The number of amides is 2. The van der Waals surface area contributed by atoms with Crippen LogP contribution in [0.25, 0.3) is 0 Å². The maximum absolute atomic E-state index is 11.9. The minimum atomic E-state index is -0.252. The van der Waals surface area contributed by atoms with E-state index in [4.69, 9.17) is 5.73 Å². The number of halogens is 1. The van der Waals surface area contributed by atoms with Crippen LogP contribution in [-0.4, -0.2) is 24.9 Å². The Bertz CT molecular complexity index is 475. The van der Waals surface area contributed by atoms with Crippen molar-refractivity contribution in [2.45, 2.75) is 13.8 Å². The summed E-state index contributed by atoms with van der Waals surface area (Å²) >= 11 is 3.29. The molecule has 0 fully saturated rings. The average Bonchev–Trinajstić information content (AvgIpc) is 2.36. The fraction of sp³-hybridized carbons (Fsp3) is 0.385. The number of nitrogen functional groups attached to an aromatic ring is 1. The minimum absolute atomic E-state index is 0.0313. The van der Waals surface area contributed by atoms with Gasteiger partial charge < -0.3 is 16.4 Å². The van der Waals surface area contributed by atoms with Crippen molar-refractivity contribution in [3.63, 3.8) is 0 Å². The van der Waals surface area contributed by atoms with Crippen LogP contribution < -0.4 is 16.4 Å². The molecule has 104 valence electrons. The predicted octanol–water partition coefficient (Wildman–Crippen LogP) is 1.53. The van der Waals surface area contributed by atoms with Gasteiger partial charge in [-0.1, -0.05) is 29.8 Å². The van der Waals surface area contributed by atoms with Crippen molar-refractivity contribution in [3.05, 3.63) is 28.2 Å². The lowest BCUT2D eigenvalue weighted by atomic mass is 10.1. The number of anilines is 1. The first-order chi connectivity index (χ1) is 8.91. The van der Waals surface area contributed by atoms with Crippen LogP contribution in [0.3, 0.4) is 0 Å². The predicted molar refractivity (Wildman–Crippen MR) is 78.7 cm³/mol. The van der Waals surface area contributed by atoms with Gasteiger partial charge in [0.05, 0.1) is 5.56 Å². The van der Waals surface area contributed by atoms with Gasteiger partial charge in [0.1, 0.15) is 0 Å². The van der Waals surface area contributed by atoms with Crippen LogP contribution in [0.5, 0.6) is 0 Å². The van der Waals surface area contributed by atoms with E-state index in [9.17, 15) is 9.59 Å². The molecule has 0 radical (unpaired) electrons. The summed E-state index contributed by atoms with van der Waals surface area (Å²) in [4.78, 5) is 23.2. The molecule has 1 aromatic rings. The van der Waals surface area contributed by atoms with Crippen LogP contribution >= 0.6 is 15.9 Å². The van der Waals surface area contributed by atoms with Crippen molar-refractivity contribution in [3.8, 4) is 0 Å². The maximum Gasteiger partial charge on any atom is 0.253 e. The Balaban J connectivity index is 2.44. The first kappa shape index (κ1) is 15.5. The summed E-state index contributed by atoms with van der Waals surface area (Å²) in [5.74, 6) is -0.342. The van der Waals surface area contributed by atoms with E-state index in [1.54, 1.807) is 18.2 Å². The topological polar surface area (TPSA) is 84.2 Å². The van der Waals surface area contributed by atoms with E-state index in [0.29, 0.717) is 24.3 Å². The second-order valence-corrected chi connectivity index (χ2v) is 5.35. The Kier molecular flexibility index (Phi) is 5.82. The van der Waals surface area contributed by atoms with E-state index in [2.05, 4.69) is 26.6 Å². The third-order valence-corrected chi connectivity index (χ3v) is 2.99. The summed E-state index contributed by atoms with van der Waals surface area (Å²) in [6.07, 6.45) is 0. The van der Waals surface area contributed by atoms with Gasteiger partial charge in [-0.2, -0.15) is 0 Å². The third-order valence-electron chi connectivity index (χ3n) is 2.49. The molecule has 0 aliphatic carbocycles. The molecule has 6 heteroatoms. The van der Waals surface area contributed by atoms with E-state index < -0.39 is 0 Å². The monoisotopic (exact) mass is 327 g/mol. The Morgan fingerprint density at radius 2 is 1.89 bits per heavy atom. The molecular formula is C13H18BrN3O2. The summed E-state index contributed by atoms with van der Waals surface area (Å²) in [5, 5.41) is 5.43. The van der Waals surface area contributed by atoms with Crippen molar-refractivity contribution in [2.24, 2.45) is 5.92 Å². The van der Waals surface area contributed by atoms with Crippen LogP contribution in [0.15, 0.2) is 22.7 Å². The zero-order valence-electron chi connectivity index (χ0n) is 11.0. The van der Waals surface area contributed by atoms with Crippen molar-refractivity contribution >= 4 is 33.4 Å². The van der Waals surface area contributed by atoms with Crippen LogP contribution in [0, 0.1) is 5.92 Å². The van der Waals surface area contributed by atoms with Crippen molar-refractivity contribution in [1.82, 2.24) is 10.6 Å². The molecule has 0 spiro atoms. The number of nitrogens with two attached hydrogens (primary N) is 1. The summed E-state index contributed by atoms with van der Waals surface area (Å²) < 4.78 is 0.792. The average molecular weight is 328 g/mol. The Morgan fingerprint density at radius 1 is 1.26 bits per heavy atom. The lowest BCUT2D eigenvalue weighted by Gasteiger charge is -2.10. The van der Waals surface area contributed by atoms with E-state index in [0.717, 1.165) is 4.47 Å². The molecule has 1 aromatic carbocycles. The van der Waals surface area contributed by atoms with Gasteiger partial charge in [0.15, 0.2) is 0 Å². The van der Waals surface area contributed by atoms with Crippen molar-refractivity contribution in [1.29, 1.82) is 0 Å². The Morgan fingerprint density at radius 3 is 2.53 bits per heavy atom. The van der Waals surface area contributed by atoms with Gasteiger partial charge in [-0.3, -0.25) is 9.59 Å². The van der Waals surface area contributed by atoms with Gasteiger partial charge in [-0.05, 0) is 18.2 Å².